The van der Waals surface area contributed by atoms with Crippen molar-refractivity contribution in [2.75, 3.05) is 52.5 Å². The summed E-state index contributed by atoms with van der Waals surface area (Å²) < 4.78 is 5.83. The van der Waals surface area contributed by atoms with Crippen molar-refractivity contribution in [3.8, 4) is 0 Å². The Morgan fingerprint density at radius 2 is 1.65 bits per heavy atom. The lowest BCUT2D eigenvalue weighted by atomic mass is 9.98. The van der Waals surface area contributed by atoms with Gasteiger partial charge in [-0.3, -0.25) is 9.80 Å². The molecule has 1 atom stereocenters. The largest absolute Gasteiger partial charge is 0.395 e. The fourth-order valence-corrected chi connectivity index (χ4v) is 3.17. The van der Waals surface area contributed by atoms with Crippen LogP contribution in [0, 0.1) is 0 Å². The number of nitrogens with zero attached hydrogens (tertiary/aromatic N) is 2. The van der Waals surface area contributed by atoms with Gasteiger partial charge in [0.05, 0.1) is 25.4 Å². The SMILES string of the molecule is OCCN1CCN(C[C@H](O)COC2CCCCC2)CC1. The molecule has 1 aliphatic carbocycles. The van der Waals surface area contributed by atoms with Crippen molar-refractivity contribution in [1.29, 1.82) is 0 Å². The Balaban J connectivity index is 1.56. The van der Waals surface area contributed by atoms with E-state index in [9.17, 15) is 5.11 Å². The van der Waals surface area contributed by atoms with E-state index in [4.69, 9.17) is 9.84 Å². The lowest BCUT2D eigenvalue weighted by Gasteiger charge is -2.35. The lowest BCUT2D eigenvalue weighted by molar-refractivity contribution is -0.0372. The molecule has 2 aliphatic rings. The Morgan fingerprint density at radius 3 is 2.30 bits per heavy atom. The van der Waals surface area contributed by atoms with E-state index in [-0.39, 0.29) is 12.7 Å². The number of piperazine rings is 1. The van der Waals surface area contributed by atoms with Crippen LogP contribution in [0.3, 0.4) is 0 Å². The maximum atomic E-state index is 10.1. The molecule has 0 aromatic heterocycles. The number of hydrogen-bond acceptors (Lipinski definition) is 5. The number of ether oxygens (including phenoxy) is 1. The Kier molecular flexibility index (Phi) is 7.24. The Morgan fingerprint density at radius 1 is 1.00 bits per heavy atom. The first kappa shape index (κ1) is 16.2. The molecule has 0 aromatic carbocycles. The molecule has 5 nitrogen and oxygen atoms in total. The van der Waals surface area contributed by atoms with Gasteiger partial charge in [0.15, 0.2) is 0 Å². The third-order valence-electron chi connectivity index (χ3n) is 4.43. The van der Waals surface area contributed by atoms with Gasteiger partial charge in [-0.05, 0) is 12.8 Å². The average Bonchev–Trinajstić information content (AvgIpc) is 2.49. The second-order valence-electron chi connectivity index (χ2n) is 6.11. The molecule has 118 valence electrons. The van der Waals surface area contributed by atoms with Crippen LogP contribution in [-0.2, 0) is 4.74 Å². The van der Waals surface area contributed by atoms with Gasteiger partial charge in [0, 0.05) is 39.3 Å². The van der Waals surface area contributed by atoms with Crippen LogP contribution in [0.25, 0.3) is 0 Å². The standard InChI is InChI=1S/C15H30N2O3/c18-11-10-16-6-8-17(9-7-16)12-14(19)13-20-15-4-2-1-3-5-15/h14-15,18-19H,1-13H2/t14-/m0/s1. The predicted octanol–water partition coefficient (Wildman–Crippen LogP) is 0.307. The summed E-state index contributed by atoms with van der Waals surface area (Å²) in [4.78, 5) is 4.56. The molecule has 0 bridgehead atoms. The van der Waals surface area contributed by atoms with E-state index in [1.807, 2.05) is 0 Å². The summed E-state index contributed by atoms with van der Waals surface area (Å²) in [6.07, 6.45) is 6.20. The van der Waals surface area contributed by atoms with Crippen molar-refractivity contribution in [2.24, 2.45) is 0 Å². The summed E-state index contributed by atoms with van der Waals surface area (Å²) in [5, 5.41) is 19.0. The maximum Gasteiger partial charge on any atom is 0.0900 e. The summed E-state index contributed by atoms with van der Waals surface area (Å²) in [5.74, 6) is 0. The lowest BCUT2D eigenvalue weighted by Crippen LogP contribution is -2.49. The first-order chi connectivity index (χ1) is 9.78. The zero-order chi connectivity index (χ0) is 14.2. The van der Waals surface area contributed by atoms with Crippen molar-refractivity contribution < 1.29 is 14.9 Å². The van der Waals surface area contributed by atoms with E-state index in [1.54, 1.807) is 0 Å². The zero-order valence-corrected chi connectivity index (χ0v) is 12.5. The van der Waals surface area contributed by atoms with Crippen molar-refractivity contribution in [2.45, 2.75) is 44.3 Å². The highest BCUT2D eigenvalue weighted by molar-refractivity contribution is 4.74. The molecule has 1 saturated carbocycles. The highest BCUT2D eigenvalue weighted by atomic mass is 16.5. The van der Waals surface area contributed by atoms with E-state index >= 15 is 0 Å². The summed E-state index contributed by atoms with van der Waals surface area (Å²) in [7, 11) is 0. The van der Waals surface area contributed by atoms with Crippen molar-refractivity contribution in [3.05, 3.63) is 0 Å². The molecular weight excluding hydrogens is 256 g/mol. The highest BCUT2D eigenvalue weighted by Crippen LogP contribution is 2.20. The second-order valence-corrected chi connectivity index (χ2v) is 6.11. The summed E-state index contributed by atoms with van der Waals surface area (Å²) in [6.45, 7) is 6.09. The molecule has 2 rings (SSSR count). The fraction of sp³-hybridized carbons (Fsp3) is 1.00. The molecule has 0 aromatic rings. The van der Waals surface area contributed by atoms with Gasteiger partial charge in [0.2, 0.25) is 0 Å². The monoisotopic (exact) mass is 286 g/mol. The number of rotatable bonds is 7. The maximum absolute atomic E-state index is 10.1. The fourth-order valence-electron chi connectivity index (χ4n) is 3.17. The van der Waals surface area contributed by atoms with Gasteiger partial charge < -0.3 is 14.9 Å². The quantitative estimate of drug-likeness (QED) is 0.705. The van der Waals surface area contributed by atoms with E-state index in [2.05, 4.69) is 9.80 Å². The molecule has 1 saturated heterocycles. The van der Waals surface area contributed by atoms with Gasteiger partial charge >= 0.3 is 0 Å². The van der Waals surface area contributed by atoms with Gasteiger partial charge in [-0.2, -0.15) is 0 Å². The average molecular weight is 286 g/mol. The van der Waals surface area contributed by atoms with Gasteiger partial charge in [-0.15, -0.1) is 0 Å². The van der Waals surface area contributed by atoms with E-state index in [1.165, 1.54) is 19.3 Å². The van der Waals surface area contributed by atoms with Crippen LogP contribution >= 0.6 is 0 Å². The van der Waals surface area contributed by atoms with Gasteiger partial charge in [-0.25, -0.2) is 0 Å². The Labute approximate surface area is 122 Å². The van der Waals surface area contributed by atoms with Crippen molar-refractivity contribution in [1.82, 2.24) is 9.80 Å². The second kappa shape index (κ2) is 8.95. The van der Waals surface area contributed by atoms with Crippen LogP contribution in [0.5, 0.6) is 0 Å². The first-order valence-corrected chi connectivity index (χ1v) is 8.13. The summed E-state index contributed by atoms with van der Waals surface area (Å²) in [5.41, 5.74) is 0. The van der Waals surface area contributed by atoms with Gasteiger partial charge in [0.1, 0.15) is 0 Å². The molecule has 1 heterocycles. The number of hydrogen-bond donors (Lipinski definition) is 2. The normalized spacial score (nSPS) is 24.9. The highest BCUT2D eigenvalue weighted by Gasteiger charge is 2.20. The molecule has 2 N–H and O–H groups in total. The van der Waals surface area contributed by atoms with Crippen LogP contribution in [0.1, 0.15) is 32.1 Å². The van der Waals surface area contributed by atoms with Crippen molar-refractivity contribution in [3.63, 3.8) is 0 Å². The minimum Gasteiger partial charge on any atom is -0.395 e. The predicted molar refractivity (Wildman–Crippen MR) is 78.8 cm³/mol. The molecule has 0 radical (unpaired) electrons. The van der Waals surface area contributed by atoms with Crippen LogP contribution < -0.4 is 0 Å². The Bertz CT molecular complexity index is 252. The van der Waals surface area contributed by atoms with E-state index in [0.717, 1.165) is 45.6 Å². The van der Waals surface area contributed by atoms with E-state index < -0.39 is 0 Å². The van der Waals surface area contributed by atoms with Crippen LogP contribution in [0.2, 0.25) is 0 Å². The van der Waals surface area contributed by atoms with Gasteiger partial charge in [0.25, 0.3) is 0 Å². The minimum absolute atomic E-state index is 0.234. The smallest absolute Gasteiger partial charge is 0.0900 e. The van der Waals surface area contributed by atoms with Gasteiger partial charge in [-0.1, -0.05) is 19.3 Å². The molecule has 20 heavy (non-hydrogen) atoms. The van der Waals surface area contributed by atoms with Crippen LogP contribution in [0.4, 0.5) is 0 Å². The molecule has 0 unspecified atom stereocenters. The van der Waals surface area contributed by atoms with Crippen LogP contribution in [-0.4, -0.2) is 84.7 Å². The Hall–Kier alpha value is -0.200. The number of aliphatic hydroxyl groups is 2. The minimum atomic E-state index is -0.374. The molecule has 0 amide bonds. The molecule has 1 aliphatic heterocycles. The van der Waals surface area contributed by atoms with E-state index in [0.29, 0.717) is 19.3 Å². The summed E-state index contributed by atoms with van der Waals surface area (Å²) in [6, 6.07) is 0. The molecule has 2 fully saturated rings. The van der Waals surface area contributed by atoms with Crippen LogP contribution in [0.15, 0.2) is 0 Å². The third kappa shape index (κ3) is 5.66. The molecule has 5 heteroatoms. The summed E-state index contributed by atoms with van der Waals surface area (Å²) >= 11 is 0. The number of β-amino-alcohol motifs (C(OH)–C–C–N with tert-alkyl or cyclic N) is 2. The zero-order valence-electron chi connectivity index (χ0n) is 12.5. The van der Waals surface area contributed by atoms with Crippen molar-refractivity contribution >= 4 is 0 Å². The molecule has 0 spiro atoms. The topological polar surface area (TPSA) is 56.2 Å². The first-order valence-electron chi connectivity index (χ1n) is 8.13. The number of aliphatic hydroxyl groups excluding tert-OH is 2. The molecular formula is C15H30N2O3. The third-order valence-corrected chi connectivity index (χ3v) is 4.43.